The van der Waals surface area contributed by atoms with Crippen molar-refractivity contribution in [2.75, 3.05) is 47.3 Å². The summed E-state index contributed by atoms with van der Waals surface area (Å²) in [4.78, 5) is 2.44. The van der Waals surface area contributed by atoms with Gasteiger partial charge in [0.15, 0.2) is 0 Å². The second kappa shape index (κ2) is 12.0. The molecule has 92 valence electrons. The first-order valence-electron chi connectivity index (χ1n) is 6.29. The Hall–Kier alpha value is -0.120. The largest absolute Gasteiger partial charge is 0.320 e. The summed E-state index contributed by atoms with van der Waals surface area (Å²) < 4.78 is 0. The Kier molecular flexibility index (Phi) is 11.9. The van der Waals surface area contributed by atoms with Crippen molar-refractivity contribution < 1.29 is 0 Å². The molecule has 0 rings (SSSR count). The number of hydrogen-bond donors (Lipinski definition) is 2. The summed E-state index contributed by atoms with van der Waals surface area (Å²) in [5.74, 6) is 0. The van der Waals surface area contributed by atoms with Crippen molar-refractivity contribution >= 4 is 0 Å². The minimum absolute atomic E-state index is 1.13. The van der Waals surface area contributed by atoms with Gasteiger partial charge in [-0.15, -0.1) is 0 Å². The predicted molar refractivity (Wildman–Crippen MR) is 68.4 cm³/mol. The van der Waals surface area contributed by atoms with Crippen molar-refractivity contribution in [1.82, 2.24) is 15.5 Å². The molecule has 3 nitrogen and oxygen atoms in total. The van der Waals surface area contributed by atoms with E-state index in [1.54, 1.807) is 0 Å². The van der Waals surface area contributed by atoms with E-state index >= 15 is 0 Å². The topological polar surface area (TPSA) is 27.3 Å². The van der Waals surface area contributed by atoms with Gasteiger partial charge >= 0.3 is 0 Å². The molecule has 0 aromatic carbocycles. The highest BCUT2D eigenvalue weighted by Gasteiger charge is 1.97. The molecule has 0 saturated carbocycles. The molecule has 0 unspecified atom stereocenters. The number of nitrogens with zero attached hydrogens (tertiary/aromatic N) is 1. The van der Waals surface area contributed by atoms with Gasteiger partial charge in [-0.3, -0.25) is 0 Å². The lowest BCUT2D eigenvalue weighted by Crippen LogP contribution is -2.23. The minimum Gasteiger partial charge on any atom is -0.320 e. The highest BCUT2D eigenvalue weighted by molar-refractivity contribution is 4.54. The molecule has 0 aliphatic carbocycles. The predicted octanol–water partition coefficient (Wildman–Crippen LogP) is 1.31. The number of unbranched alkanes of at least 4 members (excludes halogenated alkanes) is 3. The molecular weight excluding hydrogens is 186 g/mol. The van der Waals surface area contributed by atoms with E-state index < -0.39 is 0 Å². The molecule has 0 aliphatic rings. The average Bonchev–Trinajstić information content (AvgIpc) is 2.23. The minimum atomic E-state index is 1.13. The lowest BCUT2D eigenvalue weighted by Gasteiger charge is -2.16. The van der Waals surface area contributed by atoms with Gasteiger partial charge in [-0.2, -0.15) is 0 Å². The SMILES string of the molecule is CNCCCCCCN(C)CCCNC. The van der Waals surface area contributed by atoms with E-state index in [1.807, 2.05) is 14.1 Å². The molecule has 3 heteroatoms. The normalized spacial score (nSPS) is 11.2. The number of hydrogen-bond acceptors (Lipinski definition) is 3. The number of nitrogens with one attached hydrogen (secondary N) is 2. The zero-order chi connectivity index (χ0) is 11.4. The lowest BCUT2D eigenvalue weighted by atomic mass is 10.2. The van der Waals surface area contributed by atoms with Crippen LogP contribution in [0, 0.1) is 0 Å². The van der Waals surface area contributed by atoms with E-state index in [-0.39, 0.29) is 0 Å². The molecular formula is C12H29N3. The maximum atomic E-state index is 3.18. The van der Waals surface area contributed by atoms with Crippen molar-refractivity contribution in [3.8, 4) is 0 Å². The van der Waals surface area contributed by atoms with Crippen LogP contribution in [0.15, 0.2) is 0 Å². The molecule has 0 atom stereocenters. The van der Waals surface area contributed by atoms with Gasteiger partial charge in [0.2, 0.25) is 0 Å². The monoisotopic (exact) mass is 215 g/mol. The summed E-state index contributed by atoms with van der Waals surface area (Å²) in [5.41, 5.74) is 0. The Morgan fingerprint density at radius 2 is 1.27 bits per heavy atom. The first-order chi connectivity index (χ1) is 7.31. The third-order valence-corrected chi connectivity index (χ3v) is 2.68. The van der Waals surface area contributed by atoms with E-state index in [0.29, 0.717) is 0 Å². The summed E-state index contributed by atoms with van der Waals surface area (Å²) in [6, 6.07) is 0. The van der Waals surface area contributed by atoms with E-state index in [1.165, 1.54) is 45.2 Å². The van der Waals surface area contributed by atoms with Gasteiger partial charge in [0, 0.05) is 0 Å². The molecule has 0 saturated heterocycles. The Bertz CT molecular complexity index is 117. The van der Waals surface area contributed by atoms with Crippen molar-refractivity contribution in [2.24, 2.45) is 0 Å². The Balaban J connectivity index is 3.06. The van der Waals surface area contributed by atoms with Gasteiger partial charge in [-0.1, -0.05) is 12.8 Å². The highest BCUT2D eigenvalue weighted by Crippen LogP contribution is 2.00. The summed E-state index contributed by atoms with van der Waals surface area (Å²) in [7, 11) is 6.26. The first kappa shape index (κ1) is 14.9. The fourth-order valence-electron chi connectivity index (χ4n) is 1.67. The molecule has 0 aromatic rings. The van der Waals surface area contributed by atoms with Crippen LogP contribution in [0.2, 0.25) is 0 Å². The van der Waals surface area contributed by atoms with Crippen LogP contribution >= 0.6 is 0 Å². The standard InChI is InChI=1S/C12H29N3/c1-13-9-6-4-5-7-11-15(3)12-8-10-14-2/h13-14H,4-12H2,1-3H3. The highest BCUT2D eigenvalue weighted by atomic mass is 15.1. The van der Waals surface area contributed by atoms with Crippen LogP contribution in [-0.2, 0) is 0 Å². The molecule has 0 bridgehead atoms. The van der Waals surface area contributed by atoms with Crippen molar-refractivity contribution in [3.05, 3.63) is 0 Å². The second-order valence-corrected chi connectivity index (χ2v) is 4.28. The first-order valence-corrected chi connectivity index (χ1v) is 6.29. The fourth-order valence-corrected chi connectivity index (χ4v) is 1.67. The van der Waals surface area contributed by atoms with E-state index in [0.717, 1.165) is 13.1 Å². The molecule has 0 fully saturated rings. The van der Waals surface area contributed by atoms with E-state index in [2.05, 4.69) is 22.6 Å². The summed E-state index contributed by atoms with van der Waals surface area (Å²) in [6.45, 7) is 4.77. The van der Waals surface area contributed by atoms with Crippen LogP contribution in [-0.4, -0.2) is 52.2 Å². The smallest absolute Gasteiger partial charge is 0.000969 e. The van der Waals surface area contributed by atoms with Crippen LogP contribution in [0.3, 0.4) is 0 Å². The van der Waals surface area contributed by atoms with Gasteiger partial charge in [0.1, 0.15) is 0 Å². The molecule has 0 spiro atoms. The summed E-state index contributed by atoms with van der Waals surface area (Å²) in [6.07, 6.45) is 6.66. The van der Waals surface area contributed by atoms with Crippen LogP contribution < -0.4 is 10.6 Å². The van der Waals surface area contributed by atoms with Crippen LogP contribution in [0.1, 0.15) is 32.1 Å². The van der Waals surface area contributed by atoms with Gasteiger partial charge in [-0.25, -0.2) is 0 Å². The van der Waals surface area contributed by atoms with E-state index in [9.17, 15) is 0 Å². The summed E-state index contributed by atoms with van der Waals surface area (Å²) >= 11 is 0. The van der Waals surface area contributed by atoms with E-state index in [4.69, 9.17) is 0 Å². The molecule has 15 heavy (non-hydrogen) atoms. The van der Waals surface area contributed by atoms with Crippen molar-refractivity contribution in [2.45, 2.75) is 32.1 Å². The molecule has 0 aromatic heterocycles. The van der Waals surface area contributed by atoms with Gasteiger partial charge in [0.05, 0.1) is 0 Å². The maximum absolute atomic E-state index is 3.18. The van der Waals surface area contributed by atoms with Crippen LogP contribution in [0.25, 0.3) is 0 Å². The Labute approximate surface area is 95.6 Å². The third kappa shape index (κ3) is 11.8. The van der Waals surface area contributed by atoms with Gasteiger partial charge in [-0.05, 0) is 66.6 Å². The fraction of sp³-hybridized carbons (Fsp3) is 1.00. The van der Waals surface area contributed by atoms with Crippen LogP contribution in [0.4, 0.5) is 0 Å². The second-order valence-electron chi connectivity index (χ2n) is 4.28. The third-order valence-electron chi connectivity index (χ3n) is 2.68. The molecule has 0 heterocycles. The molecule has 0 amide bonds. The quantitative estimate of drug-likeness (QED) is 0.509. The van der Waals surface area contributed by atoms with Crippen LogP contribution in [0.5, 0.6) is 0 Å². The zero-order valence-electron chi connectivity index (χ0n) is 10.8. The maximum Gasteiger partial charge on any atom is -0.000969 e. The summed E-state index contributed by atoms with van der Waals surface area (Å²) in [5, 5.41) is 6.36. The average molecular weight is 215 g/mol. The zero-order valence-corrected chi connectivity index (χ0v) is 10.8. The Morgan fingerprint density at radius 1 is 0.733 bits per heavy atom. The van der Waals surface area contributed by atoms with Crippen molar-refractivity contribution in [1.29, 1.82) is 0 Å². The molecule has 0 radical (unpaired) electrons. The molecule has 2 N–H and O–H groups in total. The van der Waals surface area contributed by atoms with Crippen molar-refractivity contribution in [3.63, 3.8) is 0 Å². The lowest BCUT2D eigenvalue weighted by molar-refractivity contribution is 0.318. The van der Waals surface area contributed by atoms with Gasteiger partial charge < -0.3 is 15.5 Å². The number of rotatable bonds is 11. The molecule has 0 aliphatic heterocycles. The van der Waals surface area contributed by atoms with Gasteiger partial charge in [0.25, 0.3) is 0 Å². The Morgan fingerprint density at radius 3 is 1.93 bits per heavy atom.